The Hall–Kier alpha value is -3.62. The van der Waals surface area contributed by atoms with E-state index in [1.807, 2.05) is 80.1 Å². The molecule has 0 unspecified atom stereocenters. The van der Waals surface area contributed by atoms with Gasteiger partial charge in [-0.05, 0) is 50.1 Å². The van der Waals surface area contributed by atoms with Crippen LogP contribution in [0.15, 0.2) is 78.9 Å². The molecular weight excluding hydrogens is 547 g/mol. The van der Waals surface area contributed by atoms with Gasteiger partial charge in [-0.3, -0.25) is 14.5 Å². The maximum atomic E-state index is 13.7. The first-order valence-corrected chi connectivity index (χ1v) is 14.4. The lowest BCUT2D eigenvalue weighted by molar-refractivity contribution is -0.123. The molecule has 0 saturated carbocycles. The average Bonchev–Trinajstić information content (AvgIpc) is 3.28. The van der Waals surface area contributed by atoms with Crippen LogP contribution in [0.1, 0.15) is 42.7 Å². The molecule has 206 valence electrons. The van der Waals surface area contributed by atoms with E-state index in [1.165, 1.54) is 23.9 Å². The van der Waals surface area contributed by atoms with Crippen molar-refractivity contribution in [2.45, 2.75) is 38.1 Å². The number of nitrogens with zero attached hydrogens (tertiary/aromatic N) is 3. The molecule has 4 aromatic rings. The molecule has 2 amide bonds. The summed E-state index contributed by atoms with van der Waals surface area (Å²) < 4.78 is 15.2. The van der Waals surface area contributed by atoms with Crippen LogP contribution in [0.2, 0.25) is 5.02 Å². The van der Waals surface area contributed by atoms with Gasteiger partial charge in [-0.2, -0.15) is 5.10 Å². The number of anilines is 1. The molecule has 1 atom stereocenters. The second kappa shape index (κ2) is 11.5. The summed E-state index contributed by atoms with van der Waals surface area (Å²) in [5, 5.41) is 8.26. The fourth-order valence-corrected chi connectivity index (χ4v) is 6.28. The lowest BCUT2D eigenvalue weighted by Gasteiger charge is -2.28. The van der Waals surface area contributed by atoms with E-state index in [9.17, 15) is 14.0 Å². The number of halogens is 2. The molecule has 6 nitrogen and oxygen atoms in total. The molecule has 40 heavy (non-hydrogen) atoms. The highest BCUT2D eigenvalue weighted by Crippen LogP contribution is 2.50. The summed E-state index contributed by atoms with van der Waals surface area (Å²) in [5.74, 6) is -0.111. The molecule has 1 aliphatic rings. The number of carbonyl (C=O) groups is 2. The van der Waals surface area contributed by atoms with E-state index in [2.05, 4.69) is 5.32 Å². The van der Waals surface area contributed by atoms with Crippen LogP contribution in [0.4, 0.5) is 10.2 Å². The van der Waals surface area contributed by atoms with Crippen molar-refractivity contribution in [1.82, 2.24) is 15.1 Å². The molecule has 5 rings (SSSR count). The quantitative estimate of drug-likeness (QED) is 0.281. The first-order valence-electron chi connectivity index (χ1n) is 13.0. The second-order valence-corrected chi connectivity index (χ2v) is 12.1. The van der Waals surface area contributed by atoms with Gasteiger partial charge in [0.25, 0.3) is 0 Å². The summed E-state index contributed by atoms with van der Waals surface area (Å²) in [4.78, 5) is 28.5. The minimum Gasteiger partial charge on any atom is -0.350 e. The van der Waals surface area contributed by atoms with Crippen LogP contribution in [0.5, 0.6) is 0 Å². The Morgan fingerprint density at radius 3 is 2.40 bits per heavy atom. The van der Waals surface area contributed by atoms with Crippen LogP contribution < -0.4 is 10.2 Å². The molecule has 2 heterocycles. The number of thioether (sulfide) groups is 1. The average molecular weight is 577 g/mol. The Bertz CT molecular complexity index is 1530. The molecule has 1 aromatic heterocycles. The van der Waals surface area contributed by atoms with Gasteiger partial charge in [0, 0.05) is 22.7 Å². The Morgan fingerprint density at radius 2 is 1.73 bits per heavy atom. The smallest absolute Gasteiger partial charge is 0.240 e. The lowest BCUT2D eigenvalue weighted by Crippen LogP contribution is -2.43. The summed E-state index contributed by atoms with van der Waals surface area (Å²) in [6.07, 6.45) is 0. The van der Waals surface area contributed by atoms with Crippen molar-refractivity contribution >= 4 is 41.0 Å². The van der Waals surface area contributed by atoms with Crippen molar-refractivity contribution in [3.8, 4) is 11.3 Å². The Labute approximate surface area is 242 Å². The van der Waals surface area contributed by atoms with Gasteiger partial charge in [0.1, 0.15) is 18.2 Å². The lowest BCUT2D eigenvalue weighted by atomic mass is 9.99. The molecule has 9 heteroatoms. The van der Waals surface area contributed by atoms with E-state index < -0.39 is 5.54 Å². The number of benzene rings is 3. The van der Waals surface area contributed by atoms with Crippen molar-refractivity contribution in [1.29, 1.82) is 0 Å². The monoisotopic (exact) mass is 576 g/mol. The fraction of sp³-hybridized carbons (Fsp3) is 0.258. The predicted molar refractivity (Wildman–Crippen MR) is 159 cm³/mol. The largest absolute Gasteiger partial charge is 0.350 e. The van der Waals surface area contributed by atoms with Crippen LogP contribution in [-0.4, -0.2) is 33.9 Å². The Morgan fingerprint density at radius 1 is 1.05 bits per heavy atom. The van der Waals surface area contributed by atoms with Gasteiger partial charge in [0.15, 0.2) is 0 Å². The maximum Gasteiger partial charge on any atom is 0.240 e. The van der Waals surface area contributed by atoms with Crippen molar-refractivity contribution in [2.24, 2.45) is 0 Å². The minimum atomic E-state index is -0.500. The molecule has 0 bridgehead atoms. The van der Waals surface area contributed by atoms with Gasteiger partial charge in [-0.15, -0.1) is 11.8 Å². The van der Waals surface area contributed by atoms with Crippen LogP contribution in [0, 0.1) is 5.82 Å². The van der Waals surface area contributed by atoms with Crippen molar-refractivity contribution in [3.05, 3.63) is 106 Å². The van der Waals surface area contributed by atoms with Gasteiger partial charge in [-0.1, -0.05) is 72.3 Å². The number of fused-ring (bicyclic) bond motifs is 1. The van der Waals surface area contributed by atoms with Gasteiger partial charge in [-0.25, -0.2) is 9.07 Å². The molecule has 0 radical (unpaired) electrons. The predicted octanol–water partition coefficient (Wildman–Crippen LogP) is 6.58. The molecule has 1 aliphatic heterocycles. The number of hydrogen-bond donors (Lipinski definition) is 1. The third-order valence-corrected chi connectivity index (χ3v) is 8.24. The van der Waals surface area contributed by atoms with Crippen LogP contribution in [-0.2, 0) is 21.7 Å². The summed E-state index contributed by atoms with van der Waals surface area (Å²) in [6, 6.07) is 23.4. The number of aromatic nitrogens is 2. The second-order valence-electron chi connectivity index (χ2n) is 10.6. The van der Waals surface area contributed by atoms with E-state index in [1.54, 1.807) is 17.0 Å². The molecule has 1 N–H and O–H groups in total. The van der Waals surface area contributed by atoms with Crippen LogP contribution in [0.25, 0.3) is 11.3 Å². The van der Waals surface area contributed by atoms with Gasteiger partial charge in [0.2, 0.25) is 11.8 Å². The number of nitrogens with one attached hydrogen (secondary N) is 1. The Kier molecular flexibility index (Phi) is 8.01. The SMILES string of the molecule is CC(C)(C)n1nc(-c2ccccc2)c2c1N(CC(=O)NCc1ccc(F)cc1)C(=O)CS[C@@H]2c1ccccc1Cl. The molecule has 3 aromatic carbocycles. The minimum absolute atomic E-state index is 0.161. The highest BCUT2D eigenvalue weighted by molar-refractivity contribution is 8.00. The fourth-order valence-electron chi connectivity index (χ4n) is 4.73. The van der Waals surface area contributed by atoms with E-state index in [-0.39, 0.29) is 41.7 Å². The van der Waals surface area contributed by atoms with E-state index in [0.29, 0.717) is 10.8 Å². The zero-order valence-electron chi connectivity index (χ0n) is 22.5. The van der Waals surface area contributed by atoms with Gasteiger partial charge in [0.05, 0.1) is 22.2 Å². The molecule has 0 spiro atoms. The maximum absolute atomic E-state index is 13.7. The summed E-state index contributed by atoms with van der Waals surface area (Å²) in [7, 11) is 0. The van der Waals surface area contributed by atoms with Crippen molar-refractivity contribution in [2.75, 3.05) is 17.2 Å². The van der Waals surface area contributed by atoms with Crippen molar-refractivity contribution in [3.63, 3.8) is 0 Å². The molecule has 0 aliphatic carbocycles. The first-order chi connectivity index (χ1) is 19.1. The van der Waals surface area contributed by atoms with E-state index in [0.717, 1.165) is 27.9 Å². The van der Waals surface area contributed by atoms with Crippen LogP contribution in [0.3, 0.4) is 0 Å². The Balaban J connectivity index is 1.62. The van der Waals surface area contributed by atoms with Gasteiger partial charge < -0.3 is 5.32 Å². The summed E-state index contributed by atoms with van der Waals surface area (Å²) >= 11 is 8.19. The highest BCUT2D eigenvalue weighted by atomic mass is 35.5. The zero-order chi connectivity index (χ0) is 28.4. The zero-order valence-corrected chi connectivity index (χ0v) is 24.1. The number of carbonyl (C=O) groups excluding carboxylic acids is 2. The topological polar surface area (TPSA) is 67.2 Å². The summed E-state index contributed by atoms with van der Waals surface area (Å²) in [6.45, 7) is 6.11. The van der Waals surface area contributed by atoms with Gasteiger partial charge >= 0.3 is 0 Å². The normalized spacial score (nSPS) is 15.5. The molecular formula is C31H30ClFN4O2S. The van der Waals surface area contributed by atoms with E-state index in [4.69, 9.17) is 16.7 Å². The standard InChI is InChI=1S/C31H30ClFN4O2S/c1-31(2,3)37-30-27(28(35-37)21-9-5-4-6-10-21)29(23-11-7-8-12-24(23)32)40-19-26(39)36(30)18-25(38)34-17-20-13-15-22(33)16-14-20/h4-16,29H,17-19H2,1-3H3,(H,34,38)/t29-/m1/s1. The van der Waals surface area contributed by atoms with E-state index >= 15 is 0 Å². The molecule has 0 fully saturated rings. The summed E-state index contributed by atoms with van der Waals surface area (Å²) in [5.41, 5.74) is 3.65. The third-order valence-electron chi connectivity index (χ3n) is 6.66. The molecule has 0 saturated heterocycles. The number of amides is 2. The number of hydrogen-bond acceptors (Lipinski definition) is 4. The third kappa shape index (κ3) is 5.78. The van der Waals surface area contributed by atoms with Crippen LogP contribution >= 0.6 is 23.4 Å². The first kappa shape index (κ1) is 27.9. The highest BCUT2D eigenvalue weighted by Gasteiger charge is 2.39. The van der Waals surface area contributed by atoms with Crippen molar-refractivity contribution < 1.29 is 14.0 Å². The number of rotatable bonds is 6.